The Labute approximate surface area is 109 Å². The Morgan fingerprint density at radius 3 is 2.56 bits per heavy atom. The Morgan fingerprint density at radius 1 is 1.39 bits per heavy atom. The number of aliphatic carboxylic acids is 1. The van der Waals surface area contributed by atoms with Gasteiger partial charge in [-0.1, -0.05) is 0 Å². The SMILES string of the molecule is C#CCCCNC(=O)N(CCCC(=O)O)C(C)C. The van der Waals surface area contributed by atoms with Crippen molar-refractivity contribution < 1.29 is 14.7 Å². The number of nitrogens with zero attached hydrogens (tertiary/aromatic N) is 1. The molecular formula is C13H22N2O3. The second-order valence-electron chi connectivity index (χ2n) is 4.32. The summed E-state index contributed by atoms with van der Waals surface area (Å²) in [7, 11) is 0. The van der Waals surface area contributed by atoms with Gasteiger partial charge in [0.2, 0.25) is 0 Å². The highest BCUT2D eigenvalue weighted by molar-refractivity contribution is 5.74. The van der Waals surface area contributed by atoms with Crippen LogP contribution in [0.1, 0.15) is 39.5 Å². The molecular weight excluding hydrogens is 232 g/mol. The molecule has 2 amide bonds. The average Bonchev–Trinajstić information content (AvgIpc) is 2.29. The molecule has 0 atom stereocenters. The predicted octanol–water partition coefficient (Wildman–Crippen LogP) is 1.68. The molecule has 0 aromatic heterocycles. The van der Waals surface area contributed by atoms with Gasteiger partial charge in [-0.05, 0) is 26.7 Å². The summed E-state index contributed by atoms with van der Waals surface area (Å²) in [5.41, 5.74) is 0. The van der Waals surface area contributed by atoms with E-state index in [4.69, 9.17) is 11.5 Å². The number of hydrogen-bond donors (Lipinski definition) is 2. The van der Waals surface area contributed by atoms with Gasteiger partial charge in [0.1, 0.15) is 0 Å². The molecule has 0 bridgehead atoms. The maximum atomic E-state index is 11.8. The average molecular weight is 254 g/mol. The van der Waals surface area contributed by atoms with Crippen molar-refractivity contribution in [3.63, 3.8) is 0 Å². The van der Waals surface area contributed by atoms with Crippen LogP contribution in [0.4, 0.5) is 4.79 Å². The van der Waals surface area contributed by atoms with Crippen molar-refractivity contribution >= 4 is 12.0 Å². The van der Waals surface area contributed by atoms with Crippen LogP contribution >= 0.6 is 0 Å². The molecule has 2 N–H and O–H groups in total. The van der Waals surface area contributed by atoms with Crippen molar-refractivity contribution in [3.8, 4) is 12.3 Å². The number of carboxylic acid groups (broad SMARTS) is 1. The summed E-state index contributed by atoms with van der Waals surface area (Å²) in [6.45, 7) is 4.81. The largest absolute Gasteiger partial charge is 0.481 e. The van der Waals surface area contributed by atoms with Crippen LogP contribution in [0.5, 0.6) is 0 Å². The molecule has 5 nitrogen and oxygen atoms in total. The molecule has 0 saturated carbocycles. The second-order valence-corrected chi connectivity index (χ2v) is 4.32. The van der Waals surface area contributed by atoms with Crippen molar-refractivity contribution in [2.45, 2.75) is 45.6 Å². The molecule has 102 valence electrons. The van der Waals surface area contributed by atoms with E-state index in [2.05, 4.69) is 11.2 Å². The topological polar surface area (TPSA) is 69.6 Å². The van der Waals surface area contributed by atoms with Gasteiger partial charge < -0.3 is 15.3 Å². The van der Waals surface area contributed by atoms with Gasteiger partial charge >= 0.3 is 12.0 Å². The normalized spacial score (nSPS) is 9.89. The van der Waals surface area contributed by atoms with E-state index in [9.17, 15) is 9.59 Å². The van der Waals surface area contributed by atoms with Gasteiger partial charge in [0.05, 0.1) is 0 Å². The lowest BCUT2D eigenvalue weighted by Crippen LogP contribution is -2.44. The number of amides is 2. The Bertz CT molecular complexity index is 308. The van der Waals surface area contributed by atoms with Gasteiger partial charge in [0, 0.05) is 32.0 Å². The summed E-state index contributed by atoms with van der Waals surface area (Å²) in [6.07, 6.45) is 7.05. The van der Waals surface area contributed by atoms with Crippen LogP contribution < -0.4 is 5.32 Å². The Hall–Kier alpha value is -1.70. The molecule has 0 fully saturated rings. The first-order chi connectivity index (χ1) is 8.49. The monoisotopic (exact) mass is 254 g/mol. The molecule has 0 aromatic rings. The molecule has 0 saturated heterocycles. The van der Waals surface area contributed by atoms with Crippen LogP contribution in [-0.2, 0) is 4.79 Å². The fraction of sp³-hybridized carbons (Fsp3) is 0.692. The number of urea groups is 1. The zero-order valence-electron chi connectivity index (χ0n) is 11.1. The number of carboxylic acids is 1. The van der Waals surface area contributed by atoms with Crippen LogP contribution in [0.3, 0.4) is 0 Å². The minimum absolute atomic E-state index is 0.0476. The Kier molecular flexibility index (Phi) is 8.46. The summed E-state index contributed by atoms with van der Waals surface area (Å²) >= 11 is 0. The third-order valence-corrected chi connectivity index (χ3v) is 2.45. The summed E-state index contributed by atoms with van der Waals surface area (Å²) in [4.78, 5) is 23.9. The standard InChI is InChI=1S/C13H22N2O3/c1-4-5-6-9-14-13(18)15(11(2)3)10-7-8-12(16)17/h1,11H,5-10H2,2-3H3,(H,14,18)(H,16,17). The maximum absolute atomic E-state index is 11.8. The number of rotatable bonds is 8. The zero-order chi connectivity index (χ0) is 14.0. The van der Waals surface area contributed by atoms with Crippen molar-refractivity contribution in [3.05, 3.63) is 0 Å². The second kappa shape index (κ2) is 9.34. The molecule has 0 spiro atoms. The molecule has 0 radical (unpaired) electrons. The van der Waals surface area contributed by atoms with E-state index in [1.54, 1.807) is 4.90 Å². The van der Waals surface area contributed by atoms with E-state index < -0.39 is 5.97 Å². The number of hydrogen-bond acceptors (Lipinski definition) is 2. The van der Waals surface area contributed by atoms with Crippen LogP contribution in [0, 0.1) is 12.3 Å². The number of nitrogens with one attached hydrogen (secondary N) is 1. The van der Waals surface area contributed by atoms with Gasteiger partial charge in [0.25, 0.3) is 0 Å². The number of unbranched alkanes of at least 4 members (excludes halogenated alkanes) is 1. The fourth-order valence-electron chi connectivity index (χ4n) is 1.48. The lowest BCUT2D eigenvalue weighted by molar-refractivity contribution is -0.137. The van der Waals surface area contributed by atoms with E-state index in [0.29, 0.717) is 25.9 Å². The van der Waals surface area contributed by atoms with Crippen LogP contribution in [-0.4, -0.2) is 41.1 Å². The minimum Gasteiger partial charge on any atom is -0.481 e. The summed E-state index contributed by atoms with van der Waals surface area (Å²) in [5, 5.41) is 11.3. The van der Waals surface area contributed by atoms with E-state index in [-0.39, 0.29) is 18.5 Å². The molecule has 0 aliphatic carbocycles. The zero-order valence-corrected chi connectivity index (χ0v) is 11.1. The summed E-state index contributed by atoms with van der Waals surface area (Å²) in [6, 6.07) is -0.112. The molecule has 0 rings (SSSR count). The van der Waals surface area contributed by atoms with Crippen LogP contribution in [0.25, 0.3) is 0 Å². The maximum Gasteiger partial charge on any atom is 0.317 e. The van der Waals surface area contributed by atoms with Crippen molar-refractivity contribution in [2.24, 2.45) is 0 Å². The van der Waals surface area contributed by atoms with Gasteiger partial charge in [-0.15, -0.1) is 12.3 Å². The molecule has 0 heterocycles. The lowest BCUT2D eigenvalue weighted by Gasteiger charge is -2.26. The highest BCUT2D eigenvalue weighted by Crippen LogP contribution is 2.02. The van der Waals surface area contributed by atoms with Crippen molar-refractivity contribution in [2.75, 3.05) is 13.1 Å². The summed E-state index contributed by atoms with van der Waals surface area (Å²) < 4.78 is 0. The van der Waals surface area contributed by atoms with E-state index in [0.717, 1.165) is 6.42 Å². The molecule has 0 unspecified atom stereocenters. The number of carbonyl (C=O) groups is 2. The minimum atomic E-state index is -0.840. The molecule has 5 heteroatoms. The van der Waals surface area contributed by atoms with Gasteiger partial charge in [-0.2, -0.15) is 0 Å². The quantitative estimate of drug-likeness (QED) is 0.511. The van der Waals surface area contributed by atoms with E-state index in [1.165, 1.54) is 0 Å². The van der Waals surface area contributed by atoms with Crippen molar-refractivity contribution in [1.29, 1.82) is 0 Å². The van der Waals surface area contributed by atoms with Gasteiger partial charge in [0.15, 0.2) is 0 Å². The first-order valence-corrected chi connectivity index (χ1v) is 6.18. The predicted molar refractivity (Wildman–Crippen MR) is 70.2 cm³/mol. The third-order valence-electron chi connectivity index (χ3n) is 2.45. The van der Waals surface area contributed by atoms with E-state index in [1.807, 2.05) is 13.8 Å². The fourth-order valence-corrected chi connectivity index (χ4v) is 1.48. The van der Waals surface area contributed by atoms with E-state index >= 15 is 0 Å². The molecule has 0 aliphatic heterocycles. The summed E-state index contributed by atoms with van der Waals surface area (Å²) in [5.74, 6) is 1.67. The highest BCUT2D eigenvalue weighted by atomic mass is 16.4. The Morgan fingerprint density at radius 2 is 2.06 bits per heavy atom. The lowest BCUT2D eigenvalue weighted by atomic mass is 10.2. The van der Waals surface area contributed by atoms with Gasteiger partial charge in [-0.3, -0.25) is 4.79 Å². The Balaban J connectivity index is 4.04. The first-order valence-electron chi connectivity index (χ1n) is 6.18. The van der Waals surface area contributed by atoms with Gasteiger partial charge in [-0.25, -0.2) is 4.79 Å². The van der Waals surface area contributed by atoms with Crippen LogP contribution in [0.15, 0.2) is 0 Å². The smallest absolute Gasteiger partial charge is 0.317 e. The molecule has 0 aliphatic rings. The molecule has 0 aromatic carbocycles. The first kappa shape index (κ1) is 16.3. The van der Waals surface area contributed by atoms with Crippen LogP contribution in [0.2, 0.25) is 0 Å². The highest BCUT2D eigenvalue weighted by Gasteiger charge is 2.16. The third kappa shape index (κ3) is 7.55. The number of terminal acetylenes is 1. The van der Waals surface area contributed by atoms with Crippen molar-refractivity contribution in [1.82, 2.24) is 10.2 Å². The number of carbonyl (C=O) groups excluding carboxylic acids is 1. The molecule has 18 heavy (non-hydrogen) atoms.